The summed E-state index contributed by atoms with van der Waals surface area (Å²) in [4.78, 5) is 51.1. The normalized spacial score (nSPS) is 18.7. The molecule has 1 heterocycles. The van der Waals surface area contributed by atoms with Crippen LogP contribution in [0.1, 0.15) is 239 Å². The summed E-state index contributed by atoms with van der Waals surface area (Å²) in [6, 6.07) is 0. The molecule has 1 fully saturated rings. The van der Waals surface area contributed by atoms with Gasteiger partial charge < -0.3 is 39.0 Å². The largest absolute Gasteiger partial charge is 0.479 e. The number of aliphatic hydroxyl groups excluding tert-OH is 2. The first kappa shape index (κ1) is 70.7. The number of hydrogen-bond donors (Lipinski definition) is 3. The van der Waals surface area contributed by atoms with Crippen LogP contribution in [0.3, 0.4) is 0 Å². The molecule has 12 nitrogen and oxygen atoms in total. The molecule has 12 heteroatoms. The Hall–Kier alpha value is -4.36. The molecule has 0 aromatic heterocycles. The molecule has 6 unspecified atom stereocenters. The highest BCUT2D eigenvalue weighted by atomic mass is 16.7. The van der Waals surface area contributed by atoms with Crippen molar-refractivity contribution in [2.75, 3.05) is 13.2 Å². The van der Waals surface area contributed by atoms with Gasteiger partial charge in [-0.1, -0.05) is 221 Å². The minimum absolute atomic E-state index is 0.0428. The number of hydrogen-bond acceptors (Lipinski definition) is 11. The van der Waals surface area contributed by atoms with E-state index in [2.05, 4.69) is 118 Å². The average molecular weight is 1080 g/mol. The van der Waals surface area contributed by atoms with E-state index in [9.17, 15) is 34.5 Å². The molecular weight excluding hydrogens is 973 g/mol. The minimum atomic E-state index is -1.91. The highest BCUT2D eigenvalue weighted by Crippen LogP contribution is 2.26. The molecule has 0 spiro atoms. The molecule has 3 N–H and O–H groups in total. The van der Waals surface area contributed by atoms with Gasteiger partial charge in [0.05, 0.1) is 6.61 Å². The van der Waals surface area contributed by atoms with Crippen molar-refractivity contribution in [3.8, 4) is 0 Å². The van der Waals surface area contributed by atoms with Gasteiger partial charge in [-0.15, -0.1) is 0 Å². The predicted molar refractivity (Wildman–Crippen MR) is 312 cm³/mol. The van der Waals surface area contributed by atoms with E-state index in [4.69, 9.17) is 23.7 Å². The van der Waals surface area contributed by atoms with Gasteiger partial charge >= 0.3 is 23.9 Å². The first-order valence-electron chi connectivity index (χ1n) is 30.2. The van der Waals surface area contributed by atoms with Crippen molar-refractivity contribution in [1.82, 2.24) is 0 Å². The molecule has 0 bridgehead atoms. The topological polar surface area (TPSA) is 175 Å². The lowest BCUT2D eigenvalue weighted by Crippen LogP contribution is -2.61. The van der Waals surface area contributed by atoms with E-state index >= 15 is 0 Å². The molecule has 0 aliphatic carbocycles. The van der Waals surface area contributed by atoms with Crippen LogP contribution in [0.25, 0.3) is 0 Å². The van der Waals surface area contributed by atoms with Crippen LogP contribution in [0.4, 0.5) is 0 Å². The van der Waals surface area contributed by atoms with Crippen molar-refractivity contribution in [2.24, 2.45) is 0 Å². The van der Waals surface area contributed by atoms with Crippen LogP contribution < -0.4 is 0 Å². The van der Waals surface area contributed by atoms with Gasteiger partial charge in [-0.2, -0.15) is 0 Å². The smallest absolute Gasteiger partial charge is 0.335 e. The van der Waals surface area contributed by atoms with E-state index in [1.807, 2.05) is 0 Å². The van der Waals surface area contributed by atoms with Crippen molar-refractivity contribution in [3.63, 3.8) is 0 Å². The van der Waals surface area contributed by atoms with Gasteiger partial charge in [-0.05, 0) is 96.3 Å². The predicted octanol–water partition coefficient (Wildman–Crippen LogP) is 15.7. The minimum Gasteiger partial charge on any atom is -0.479 e. The van der Waals surface area contributed by atoms with Gasteiger partial charge in [0.25, 0.3) is 0 Å². The van der Waals surface area contributed by atoms with Crippen LogP contribution in [-0.2, 0) is 42.9 Å². The van der Waals surface area contributed by atoms with E-state index in [0.717, 1.165) is 135 Å². The zero-order valence-electron chi connectivity index (χ0n) is 48.2. The number of aliphatic hydroxyl groups is 2. The average Bonchev–Trinajstić information content (AvgIpc) is 3.41. The third-order valence-electron chi connectivity index (χ3n) is 13.2. The summed E-state index contributed by atoms with van der Waals surface area (Å²) in [7, 11) is 0. The summed E-state index contributed by atoms with van der Waals surface area (Å²) in [6.45, 7) is 5.73. The first-order chi connectivity index (χ1) is 37.6. The van der Waals surface area contributed by atoms with Crippen molar-refractivity contribution in [1.29, 1.82) is 0 Å². The third kappa shape index (κ3) is 42.3. The second-order valence-electron chi connectivity index (χ2n) is 20.2. The van der Waals surface area contributed by atoms with E-state index in [0.29, 0.717) is 19.3 Å². The summed E-state index contributed by atoms with van der Waals surface area (Å²) >= 11 is 0. The number of aliphatic carboxylic acids is 1. The monoisotopic (exact) mass is 1080 g/mol. The third-order valence-corrected chi connectivity index (χ3v) is 13.2. The SMILES string of the molecule is CC/C=C\C/C=C\C/C=C\C/C=C\C/C=C\CCCCCC(=O)OCC(COC1OC(C(=O)O)C(O)C(O)C1OC(=O)CCCCCCCCC/C=C\C/C=C\C/C=C\CC)OC(=O)CCCCCCCCCCCCC. The molecule has 6 atom stereocenters. The molecule has 0 saturated carbocycles. The second kappa shape index (κ2) is 52.3. The van der Waals surface area contributed by atoms with Crippen LogP contribution in [-0.4, -0.2) is 89.2 Å². The van der Waals surface area contributed by atoms with Gasteiger partial charge in [-0.25, -0.2) is 4.79 Å². The maximum Gasteiger partial charge on any atom is 0.335 e. The van der Waals surface area contributed by atoms with Crippen LogP contribution in [0, 0.1) is 0 Å². The van der Waals surface area contributed by atoms with E-state index in [1.165, 1.54) is 44.9 Å². The quantitative estimate of drug-likeness (QED) is 0.0228. The fourth-order valence-electron chi connectivity index (χ4n) is 8.58. The molecule has 1 rings (SSSR count). The molecule has 0 aromatic rings. The standard InChI is InChI=1S/C65H106O12/c1-4-7-10-13-16-19-22-24-26-28-29-31-32-34-37-39-42-45-48-51-57(66)73-54-56(75-58(67)52-49-46-43-40-36-21-18-15-12-9-6-3)55-74-65-63(61(70)60(69)62(77-65)64(71)72)76-59(68)53-50-47-44-41-38-35-33-30-27-25-23-20-17-14-11-8-5-2/h7-8,10-11,16-17,19-20,24-27,29,31,34,37,56,60-63,65,69-70H,4-6,9,12-15,18,21-23,28,30,32-33,35-36,38-55H2,1-3H3,(H,71,72)/b10-7-,11-8-,19-16-,20-17-,26-24-,27-25-,31-29-,37-34-. The fourth-order valence-corrected chi connectivity index (χ4v) is 8.58. The Kier molecular flexibility index (Phi) is 48.0. The Balaban J connectivity index is 2.68. The van der Waals surface area contributed by atoms with Crippen LogP contribution in [0.5, 0.6) is 0 Å². The number of ether oxygens (including phenoxy) is 5. The van der Waals surface area contributed by atoms with Gasteiger partial charge in [0, 0.05) is 19.3 Å². The Morgan fingerprint density at radius 1 is 0.442 bits per heavy atom. The molecule has 77 heavy (non-hydrogen) atoms. The maximum absolute atomic E-state index is 13.1. The number of esters is 3. The Morgan fingerprint density at radius 2 is 0.818 bits per heavy atom. The lowest BCUT2D eigenvalue weighted by atomic mass is 9.98. The van der Waals surface area contributed by atoms with Crippen LogP contribution >= 0.6 is 0 Å². The molecule has 438 valence electrons. The van der Waals surface area contributed by atoms with Crippen LogP contribution in [0.15, 0.2) is 97.2 Å². The van der Waals surface area contributed by atoms with Gasteiger partial charge in [0.2, 0.25) is 0 Å². The molecule has 0 aromatic carbocycles. The summed E-state index contributed by atoms with van der Waals surface area (Å²) in [5, 5.41) is 31.5. The molecule has 1 aliphatic heterocycles. The summed E-state index contributed by atoms with van der Waals surface area (Å²) in [5.41, 5.74) is 0. The molecule has 1 aliphatic rings. The van der Waals surface area contributed by atoms with Crippen molar-refractivity contribution in [3.05, 3.63) is 97.2 Å². The second-order valence-corrected chi connectivity index (χ2v) is 20.2. The van der Waals surface area contributed by atoms with E-state index in [-0.39, 0.29) is 25.9 Å². The van der Waals surface area contributed by atoms with Gasteiger partial charge in [0.1, 0.15) is 18.8 Å². The fraction of sp³-hybridized carbons (Fsp3) is 0.692. The molecule has 0 amide bonds. The van der Waals surface area contributed by atoms with Crippen LogP contribution in [0.2, 0.25) is 0 Å². The van der Waals surface area contributed by atoms with E-state index in [1.54, 1.807) is 0 Å². The lowest BCUT2D eigenvalue weighted by Gasteiger charge is -2.40. The number of unbranched alkanes of at least 4 members (excludes halogenated alkanes) is 20. The van der Waals surface area contributed by atoms with Crippen molar-refractivity contribution in [2.45, 2.75) is 276 Å². The summed E-state index contributed by atoms with van der Waals surface area (Å²) in [6.07, 6.45) is 56.6. The Morgan fingerprint density at radius 3 is 1.26 bits per heavy atom. The molecular formula is C65H106O12. The first-order valence-corrected chi connectivity index (χ1v) is 30.2. The zero-order valence-corrected chi connectivity index (χ0v) is 48.2. The van der Waals surface area contributed by atoms with Gasteiger partial charge in [0.15, 0.2) is 24.6 Å². The number of carbonyl (C=O) groups is 4. The van der Waals surface area contributed by atoms with Crippen molar-refractivity contribution >= 4 is 23.9 Å². The van der Waals surface area contributed by atoms with Crippen molar-refractivity contribution < 1.29 is 58.2 Å². The number of allylic oxidation sites excluding steroid dienone is 16. The van der Waals surface area contributed by atoms with E-state index < -0.39 is 67.3 Å². The summed E-state index contributed by atoms with van der Waals surface area (Å²) < 4.78 is 28.4. The highest BCUT2D eigenvalue weighted by molar-refractivity contribution is 5.74. The number of carbonyl (C=O) groups excluding carboxylic acids is 3. The number of rotatable bonds is 50. The number of carboxylic acids is 1. The molecule has 0 radical (unpaired) electrons. The Bertz CT molecular complexity index is 1710. The highest BCUT2D eigenvalue weighted by Gasteiger charge is 2.50. The lowest BCUT2D eigenvalue weighted by molar-refractivity contribution is -0.301. The maximum atomic E-state index is 13.1. The van der Waals surface area contributed by atoms with Gasteiger partial charge in [-0.3, -0.25) is 14.4 Å². The summed E-state index contributed by atoms with van der Waals surface area (Å²) in [5.74, 6) is -3.18. The molecule has 1 saturated heterocycles. The zero-order chi connectivity index (χ0) is 56.1. The number of carboxylic acid groups (broad SMARTS) is 1. The Labute approximate surface area is 466 Å².